The van der Waals surface area contributed by atoms with E-state index >= 15 is 0 Å². The molecule has 1 radical (unpaired) electrons. The monoisotopic (exact) mass is 525 g/mol. The van der Waals surface area contributed by atoms with Crippen molar-refractivity contribution in [3.8, 4) is 22.6 Å². The second-order valence-electron chi connectivity index (χ2n) is 8.21. The van der Waals surface area contributed by atoms with E-state index < -0.39 is 0 Å². The van der Waals surface area contributed by atoms with E-state index in [4.69, 9.17) is 14.5 Å². The van der Waals surface area contributed by atoms with Gasteiger partial charge in [-0.15, -0.1) is 0 Å². The molecule has 2 heterocycles. The standard InChI is InChI=1S/C28H26AsN4O2/c1-17-5-8-22-21(26(17)19-7-9-23-20(14-19)16-32-28(30-2)33-23)11-12-31-27(22)29-15-18-6-10-24(34-3)25(13-18)35-4/h5-14,16H,15H2,1-4H3,(H,30,32,33). The van der Waals surface area contributed by atoms with Gasteiger partial charge in [-0.2, -0.15) is 0 Å². The Morgan fingerprint density at radius 1 is 0.886 bits per heavy atom. The van der Waals surface area contributed by atoms with Crippen LogP contribution in [0.2, 0.25) is 0 Å². The molecule has 3 aromatic carbocycles. The summed E-state index contributed by atoms with van der Waals surface area (Å²) in [5.74, 6) is 2.14. The van der Waals surface area contributed by atoms with E-state index in [1.54, 1.807) is 14.2 Å². The van der Waals surface area contributed by atoms with Gasteiger partial charge in [0.15, 0.2) is 0 Å². The number of fused-ring (bicyclic) bond motifs is 2. The predicted octanol–water partition coefficient (Wildman–Crippen LogP) is 4.74. The molecule has 175 valence electrons. The zero-order valence-corrected chi connectivity index (χ0v) is 22.0. The van der Waals surface area contributed by atoms with Crippen molar-refractivity contribution >= 4 is 47.9 Å². The first kappa shape index (κ1) is 23.1. The fourth-order valence-corrected chi connectivity index (χ4v) is 6.50. The summed E-state index contributed by atoms with van der Waals surface area (Å²) in [6.07, 6.45) is 3.81. The van der Waals surface area contributed by atoms with Crippen LogP contribution in [0.15, 0.2) is 67.0 Å². The van der Waals surface area contributed by atoms with Crippen LogP contribution >= 0.6 is 0 Å². The predicted molar refractivity (Wildman–Crippen MR) is 143 cm³/mol. The molecule has 0 spiro atoms. The van der Waals surface area contributed by atoms with E-state index in [-0.39, 0.29) is 15.8 Å². The summed E-state index contributed by atoms with van der Waals surface area (Å²) < 4.78 is 12.0. The first-order chi connectivity index (χ1) is 17.1. The zero-order valence-electron chi connectivity index (χ0n) is 20.2. The maximum absolute atomic E-state index is 5.48. The third-order valence-corrected chi connectivity index (χ3v) is 8.56. The van der Waals surface area contributed by atoms with Gasteiger partial charge in [-0.3, -0.25) is 0 Å². The second-order valence-corrected chi connectivity index (χ2v) is 10.4. The fourth-order valence-electron chi connectivity index (χ4n) is 4.31. The SMILES string of the molecule is CNc1ncc2cc(-c3c(C)ccc4c([As]Cc5ccc(OC)c(OC)c5)nccc34)ccc2n1. The van der Waals surface area contributed by atoms with Crippen molar-refractivity contribution in [3.05, 3.63) is 78.1 Å². The summed E-state index contributed by atoms with van der Waals surface area (Å²) in [5, 5.41) is 7.42. The van der Waals surface area contributed by atoms with Gasteiger partial charge in [0.05, 0.1) is 0 Å². The normalized spacial score (nSPS) is 11.4. The molecule has 1 N–H and O–H groups in total. The fraction of sp³-hybridized carbons (Fsp3) is 0.179. The minimum absolute atomic E-state index is 0.175. The van der Waals surface area contributed by atoms with Crippen LogP contribution in [-0.2, 0) is 5.21 Å². The van der Waals surface area contributed by atoms with Crippen LogP contribution in [0.1, 0.15) is 11.1 Å². The number of aryl methyl sites for hydroxylation is 1. The molecule has 2 aromatic heterocycles. The summed E-state index contributed by atoms with van der Waals surface area (Å²) in [4.78, 5) is 13.7. The number of aromatic nitrogens is 3. The number of hydrogen-bond donors (Lipinski definition) is 1. The Hall–Kier alpha value is -3.63. The molecule has 0 bridgehead atoms. The molecular weight excluding hydrogens is 499 g/mol. The van der Waals surface area contributed by atoms with Gasteiger partial charge >= 0.3 is 212 Å². The van der Waals surface area contributed by atoms with Crippen LogP contribution in [0, 0.1) is 6.92 Å². The van der Waals surface area contributed by atoms with E-state index in [9.17, 15) is 0 Å². The van der Waals surface area contributed by atoms with Crippen LogP contribution in [0.4, 0.5) is 5.95 Å². The van der Waals surface area contributed by atoms with E-state index in [2.05, 4.69) is 70.7 Å². The Morgan fingerprint density at radius 3 is 2.54 bits per heavy atom. The van der Waals surface area contributed by atoms with E-state index in [0.717, 1.165) is 33.2 Å². The Balaban J connectivity index is 1.52. The molecule has 7 heteroatoms. The van der Waals surface area contributed by atoms with Gasteiger partial charge in [0.2, 0.25) is 0 Å². The molecule has 0 aliphatic heterocycles. The number of methoxy groups -OCH3 is 2. The van der Waals surface area contributed by atoms with Gasteiger partial charge in [-0.05, 0) is 0 Å². The molecule has 0 fully saturated rings. The topological polar surface area (TPSA) is 69.2 Å². The Labute approximate surface area is 211 Å². The maximum atomic E-state index is 5.48. The summed E-state index contributed by atoms with van der Waals surface area (Å²) in [7, 11) is 5.16. The summed E-state index contributed by atoms with van der Waals surface area (Å²) >= 11 is -0.175. The van der Waals surface area contributed by atoms with E-state index in [1.165, 1.54) is 31.9 Å². The third-order valence-electron chi connectivity index (χ3n) is 6.08. The molecule has 5 rings (SSSR count). The minimum atomic E-state index is -0.175. The summed E-state index contributed by atoms with van der Waals surface area (Å²) in [6.45, 7) is 2.16. The van der Waals surface area contributed by atoms with Crippen molar-refractivity contribution in [2.24, 2.45) is 0 Å². The van der Waals surface area contributed by atoms with Crippen LogP contribution in [0.25, 0.3) is 32.8 Å². The Kier molecular flexibility index (Phi) is 6.56. The van der Waals surface area contributed by atoms with Crippen molar-refractivity contribution in [3.63, 3.8) is 0 Å². The molecule has 0 atom stereocenters. The molecule has 0 amide bonds. The number of ether oxygens (including phenoxy) is 2. The molecule has 0 aliphatic rings. The molecule has 0 aliphatic carbocycles. The molecule has 0 unspecified atom stereocenters. The first-order valence-corrected chi connectivity index (χ1v) is 13.6. The average Bonchev–Trinajstić information content (AvgIpc) is 2.90. The Bertz CT molecular complexity index is 1540. The van der Waals surface area contributed by atoms with Gasteiger partial charge in [-0.25, -0.2) is 0 Å². The quantitative estimate of drug-likeness (QED) is 0.310. The van der Waals surface area contributed by atoms with Gasteiger partial charge in [0.1, 0.15) is 0 Å². The van der Waals surface area contributed by atoms with Crippen molar-refractivity contribution in [2.45, 2.75) is 12.1 Å². The number of hydrogen-bond acceptors (Lipinski definition) is 6. The number of nitrogens with one attached hydrogen (secondary N) is 1. The number of anilines is 1. The van der Waals surface area contributed by atoms with Crippen molar-refractivity contribution in [1.82, 2.24) is 15.0 Å². The van der Waals surface area contributed by atoms with E-state index in [0.29, 0.717) is 5.95 Å². The van der Waals surface area contributed by atoms with Crippen LogP contribution in [0.3, 0.4) is 0 Å². The summed E-state index contributed by atoms with van der Waals surface area (Å²) in [6, 6.07) is 19.1. The van der Waals surface area contributed by atoms with Gasteiger partial charge in [-0.1, -0.05) is 0 Å². The van der Waals surface area contributed by atoms with Gasteiger partial charge in [0, 0.05) is 0 Å². The van der Waals surface area contributed by atoms with Crippen molar-refractivity contribution in [1.29, 1.82) is 0 Å². The molecule has 6 nitrogen and oxygen atoms in total. The first-order valence-electron chi connectivity index (χ1n) is 11.3. The van der Waals surface area contributed by atoms with Crippen LogP contribution < -0.4 is 19.3 Å². The van der Waals surface area contributed by atoms with Gasteiger partial charge < -0.3 is 0 Å². The zero-order chi connectivity index (χ0) is 24.4. The van der Waals surface area contributed by atoms with E-state index in [1.807, 2.05) is 25.5 Å². The van der Waals surface area contributed by atoms with Gasteiger partial charge in [0.25, 0.3) is 0 Å². The molecule has 35 heavy (non-hydrogen) atoms. The van der Waals surface area contributed by atoms with Crippen LogP contribution in [0.5, 0.6) is 11.5 Å². The third kappa shape index (κ3) is 4.54. The van der Waals surface area contributed by atoms with Crippen molar-refractivity contribution < 1.29 is 9.47 Å². The Morgan fingerprint density at radius 2 is 1.74 bits per heavy atom. The average molecular weight is 525 g/mol. The molecule has 0 saturated carbocycles. The molecule has 5 aromatic rings. The van der Waals surface area contributed by atoms with Crippen LogP contribution in [-0.4, -0.2) is 52.0 Å². The molecular formula is C28H26AsN4O2. The van der Waals surface area contributed by atoms with Crippen molar-refractivity contribution in [2.75, 3.05) is 26.6 Å². The second kappa shape index (κ2) is 9.93. The summed E-state index contributed by atoms with van der Waals surface area (Å²) in [5.41, 5.74) is 5.78. The number of rotatable bonds is 7. The number of nitrogens with zero attached hydrogens (tertiary/aromatic N) is 3. The number of pyridine rings is 1. The molecule has 0 saturated heterocycles. The number of benzene rings is 3.